The second-order valence-electron chi connectivity index (χ2n) is 4.36. The molecule has 3 aromatic rings. The van der Waals surface area contributed by atoms with E-state index in [0.29, 0.717) is 20.9 Å². The van der Waals surface area contributed by atoms with Crippen LogP contribution in [0.3, 0.4) is 0 Å². The summed E-state index contributed by atoms with van der Waals surface area (Å²) >= 11 is 7.36. The average molecular weight is 307 g/mol. The van der Waals surface area contributed by atoms with Crippen LogP contribution in [0.15, 0.2) is 39.9 Å². The number of benzene rings is 1. The van der Waals surface area contributed by atoms with Crippen LogP contribution in [-0.4, -0.2) is 9.55 Å². The van der Waals surface area contributed by atoms with Gasteiger partial charge in [-0.1, -0.05) is 24.6 Å². The van der Waals surface area contributed by atoms with Gasteiger partial charge >= 0.3 is 5.69 Å². The molecular weight excluding hydrogens is 296 g/mol. The lowest BCUT2D eigenvalue weighted by Crippen LogP contribution is -2.33. The van der Waals surface area contributed by atoms with Gasteiger partial charge in [-0.05, 0) is 30.7 Å². The summed E-state index contributed by atoms with van der Waals surface area (Å²) in [7, 11) is 0. The average Bonchev–Trinajstić information content (AvgIpc) is 2.82. The van der Waals surface area contributed by atoms with Gasteiger partial charge in [0.05, 0.1) is 11.1 Å². The number of hydrogen-bond donors (Lipinski definition) is 1. The summed E-state index contributed by atoms with van der Waals surface area (Å²) in [6, 6.07) is 8.51. The molecule has 20 heavy (non-hydrogen) atoms. The Morgan fingerprint density at radius 1 is 1.30 bits per heavy atom. The first kappa shape index (κ1) is 13.1. The highest BCUT2D eigenvalue weighted by Gasteiger charge is 2.12. The molecule has 0 aliphatic rings. The summed E-state index contributed by atoms with van der Waals surface area (Å²) in [5, 5.41) is 1.01. The minimum absolute atomic E-state index is 0.318. The highest BCUT2D eigenvalue weighted by atomic mass is 35.5. The largest absolute Gasteiger partial charge is 0.334 e. The molecule has 0 unspecified atom stereocenters. The number of rotatable bonds is 2. The summed E-state index contributed by atoms with van der Waals surface area (Å²) in [4.78, 5) is 29.1. The van der Waals surface area contributed by atoms with E-state index in [1.165, 1.54) is 11.3 Å². The van der Waals surface area contributed by atoms with Crippen molar-refractivity contribution in [2.75, 3.05) is 0 Å². The monoisotopic (exact) mass is 306 g/mol. The van der Waals surface area contributed by atoms with Crippen molar-refractivity contribution in [3.8, 4) is 5.69 Å². The van der Waals surface area contributed by atoms with E-state index in [4.69, 9.17) is 11.6 Å². The van der Waals surface area contributed by atoms with Crippen LogP contribution in [0, 0.1) is 0 Å². The van der Waals surface area contributed by atoms with E-state index in [2.05, 4.69) is 4.98 Å². The van der Waals surface area contributed by atoms with E-state index < -0.39 is 5.69 Å². The number of nitrogens with zero attached hydrogens (tertiary/aromatic N) is 1. The molecule has 0 saturated carbocycles. The maximum Gasteiger partial charge on any atom is 0.334 e. The fourth-order valence-electron chi connectivity index (χ4n) is 2.08. The van der Waals surface area contributed by atoms with E-state index >= 15 is 0 Å². The molecule has 0 atom stereocenters. The van der Waals surface area contributed by atoms with Gasteiger partial charge in [-0.25, -0.2) is 9.36 Å². The molecule has 0 amide bonds. The van der Waals surface area contributed by atoms with Gasteiger partial charge in [0, 0.05) is 9.90 Å². The number of H-pyrrole nitrogens is 1. The summed E-state index contributed by atoms with van der Waals surface area (Å²) < 4.78 is 1.11. The van der Waals surface area contributed by atoms with Gasteiger partial charge in [0.25, 0.3) is 5.56 Å². The maximum absolute atomic E-state index is 12.5. The van der Waals surface area contributed by atoms with Crippen molar-refractivity contribution >= 4 is 33.2 Å². The van der Waals surface area contributed by atoms with E-state index in [9.17, 15) is 9.59 Å². The van der Waals surface area contributed by atoms with Crippen molar-refractivity contribution in [3.05, 3.63) is 61.1 Å². The predicted octanol–water partition coefficient (Wildman–Crippen LogP) is 2.96. The molecule has 102 valence electrons. The molecular formula is C14H11ClN2O2S. The van der Waals surface area contributed by atoms with Crippen molar-refractivity contribution in [2.45, 2.75) is 13.3 Å². The van der Waals surface area contributed by atoms with Gasteiger partial charge in [0.15, 0.2) is 0 Å². The quantitative estimate of drug-likeness (QED) is 0.791. The second-order valence-corrected chi connectivity index (χ2v) is 5.93. The molecule has 6 heteroatoms. The number of aromatic amines is 1. The fourth-order valence-corrected chi connectivity index (χ4v) is 3.25. The number of hydrogen-bond acceptors (Lipinski definition) is 3. The molecule has 0 radical (unpaired) electrons. The van der Waals surface area contributed by atoms with Crippen LogP contribution in [0.25, 0.3) is 15.9 Å². The minimum Gasteiger partial charge on any atom is -0.298 e. The molecule has 3 rings (SSSR count). The minimum atomic E-state index is -0.450. The fraction of sp³-hybridized carbons (Fsp3) is 0.143. The molecule has 0 aliphatic heterocycles. The van der Waals surface area contributed by atoms with Gasteiger partial charge in [0.1, 0.15) is 4.83 Å². The maximum atomic E-state index is 12.5. The van der Waals surface area contributed by atoms with Gasteiger partial charge in [-0.3, -0.25) is 9.78 Å². The third-order valence-electron chi connectivity index (χ3n) is 3.06. The van der Waals surface area contributed by atoms with Crippen molar-refractivity contribution in [3.63, 3.8) is 0 Å². The zero-order valence-corrected chi connectivity index (χ0v) is 12.2. The molecule has 2 heterocycles. The second kappa shape index (κ2) is 4.92. The third kappa shape index (κ3) is 2.09. The lowest BCUT2D eigenvalue weighted by atomic mass is 10.3. The van der Waals surface area contributed by atoms with Crippen LogP contribution < -0.4 is 11.2 Å². The number of halogens is 1. The molecule has 2 aromatic heterocycles. The predicted molar refractivity (Wildman–Crippen MR) is 82.4 cm³/mol. The Morgan fingerprint density at radius 2 is 2.10 bits per heavy atom. The molecule has 1 N–H and O–H groups in total. The molecule has 0 spiro atoms. The number of aryl methyl sites for hydroxylation is 1. The van der Waals surface area contributed by atoms with Crippen LogP contribution in [-0.2, 0) is 6.42 Å². The van der Waals surface area contributed by atoms with Gasteiger partial charge in [-0.2, -0.15) is 0 Å². The van der Waals surface area contributed by atoms with Crippen LogP contribution in [0.2, 0.25) is 5.02 Å². The summed E-state index contributed by atoms with van der Waals surface area (Å²) in [5.74, 6) is 0. The van der Waals surface area contributed by atoms with Gasteiger partial charge in [-0.15, -0.1) is 11.3 Å². The standard InChI is InChI=1S/C14H11ClN2O2S/c1-2-10-7-11-12(20-10)16-14(19)17(13(11)18)9-5-3-4-8(15)6-9/h3-7H,2H2,1H3,(H,16,19). The topological polar surface area (TPSA) is 54.9 Å². The molecule has 0 fully saturated rings. The van der Waals surface area contributed by atoms with E-state index in [1.807, 2.05) is 13.0 Å². The number of fused-ring (bicyclic) bond motifs is 1. The summed E-state index contributed by atoms with van der Waals surface area (Å²) in [6.07, 6.45) is 0.831. The molecule has 0 bridgehead atoms. The number of aromatic nitrogens is 2. The van der Waals surface area contributed by atoms with Crippen molar-refractivity contribution in [1.29, 1.82) is 0 Å². The van der Waals surface area contributed by atoms with Crippen molar-refractivity contribution < 1.29 is 0 Å². The Balaban J connectivity index is 2.36. The molecule has 0 aliphatic carbocycles. The lowest BCUT2D eigenvalue weighted by molar-refractivity contribution is 0.904. The zero-order valence-electron chi connectivity index (χ0n) is 10.6. The van der Waals surface area contributed by atoms with E-state index in [1.54, 1.807) is 24.3 Å². The number of thiophene rings is 1. The first-order valence-corrected chi connectivity index (χ1v) is 7.33. The van der Waals surface area contributed by atoms with Crippen LogP contribution in [0.4, 0.5) is 0 Å². The Kier molecular flexibility index (Phi) is 3.23. The van der Waals surface area contributed by atoms with E-state index in [0.717, 1.165) is 15.9 Å². The highest BCUT2D eigenvalue weighted by molar-refractivity contribution is 7.18. The summed E-state index contributed by atoms with van der Waals surface area (Å²) in [5.41, 5.74) is -0.300. The normalized spacial score (nSPS) is 11.1. The smallest absolute Gasteiger partial charge is 0.298 e. The Labute approximate surface area is 123 Å². The first-order valence-electron chi connectivity index (χ1n) is 6.14. The molecule has 1 aromatic carbocycles. The van der Waals surface area contributed by atoms with Crippen molar-refractivity contribution in [1.82, 2.24) is 9.55 Å². The first-order chi connectivity index (χ1) is 9.60. The van der Waals surface area contributed by atoms with Crippen LogP contribution in [0.5, 0.6) is 0 Å². The van der Waals surface area contributed by atoms with E-state index in [-0.39, 0.29) is 5.56 Å². The highest BCUT2D eigenvalue weighted by Crippen LogP contribution is 2.21. The van der Waals surface area contributed by atoms with Crippen LogP contribution in [0.1, 0.15) is 11.8 Å². The zero-order chi connectivity index (χ0) is 14.3. The number of nitrogens with one attached hydrogen (secondary N) is 1. The lowest BCUT2D eigenvalue weighted by Gasteiger charge is -2.04. The Bertz CT molecular complexity index is 907. The van der Waals surface area contributed by atoms with Crippen molar-refractivity contribution in [2.24, 2.45) is 0 Å². The molecule has 0 saturated heterocycles. The van der Waals surface area contributed by atoms with Crippen LogP contribution >= 0.6 is 22.9 Å². The van der Waals surface area contributed by atoms with Gasteiger partial charge in [0.2, 0.25) is 0 Å². The summed E-state index contributed by atoms with van der Waals surface area (Å²) in [6.45, 7) is 2.01. The molecule has 4 nitrogen and oxygen atoms in total. The van der Waals surface area contributed by atoms with Gasteiger partial charge < -0.3 is 0 Å². The SMILES string of the molecule is CCc1cc2c(=O)n(-c3cccc(Cl)c3)c(=O)[nH]c2s1. The Morgan fingerprint density at radius 3 is 2.80 bits per heavy atom. The Hall–Kier alpha value is -1.85. The third-order valence-corrected chi connectivity index (χ3v) is 4.48.